The fraction of sp³-hybridized carbons (Fsp3) is 0.115. The van der Waals surface area contributed by atoms with Crippen molar-refractivity contribution in [1.82, 2.24) is 5.01 Å². The van der Waals surface area contributed by atoms with Gasteiger partial charge in [0.05, 0.1) is 16.7 Å². The molecule has 6 heteroatoms. The second-order valence-corrected chi connectivity index (χ2v) is 8.03. The maximum absolute atomic E-state index is 11.3. The van der Waals surface area contributed by atoms with Crippen molar-refractivity contribution in [2.75, 3.05) is 0 Å². The zero-order valence-electron chi connectivity index (χ0n) is 17.1. The Morgan fingerprint density at radius 3 is 2.62 bits per heavy atom. The molecule has 4 aromatic rings. The number of non-ortho nitro benzene ring substituents is 1. The van der Waals surface area contributed by atoms with E-state index in [-0.39, 0.29) is 16.7 Å². The van der Waals surface area contributed by atoms with Crippen LogP contribution >= 0.6 is 0 Å². The van der Waals surface area contributed by atoms with Crippen molar-refractivity contribution < 1.29 is 9.66 Å². The number of benzene rings is 4. The minimum absolute atomic E-state index is 0.00168. The first-order valence-corrected chi connectivity index (χ1v) is 10.5. The molecular formula is C26H19N3O3. The Kier molecular flexibility index (Phi) is 4.18. The largest absolute Gasteiger partial charge is 0.464 e. The number of hydrogen-bond acceptors (Lipinski definition) is 5. The SMILES string of the molecule is O=[N+]([O-])c1cccc([C@H]2Oc3ccccc3[C@@H]3CC(c4cccc5ccccc45)=NN23)c1. The standard InChI is InChI=1S/C26H19N3O3/c30-29(31)19-10-5-9-18(15-19)26-28-24(22-12-3-4-14-25(22)32-26)16-23(27-28)21-13-6-8-17-7-1-2-11-20(17)21/h1-15,24,26H,16H2/t24-,26+/m0/s1. The average molecular weight is 421 g/mol. The van der Waals surface area contributed by atoms with Gasteiger partial charge in [-0.15, -0.1) is 0 Å². The predicted octanol–water partition coefficient (Wildman–Crippen LogP) is 5.99. The molecule has 2 heterocycles. The van der Waals surface area contributed by atoms with Crippen LogP contribution in [0.2, 0.25) is 0 Å². The maximum atomic E-state index is 11.3. The lowest BCUT2D eigenvalue weighted by Gasteiger charge is -2.38. The Bertz CT molecular complexity index is 1390. The summed E-state index contributed by atoms with van der Waals surface area (Å²) >= 11 is 0. The number of hydrazone groups is 1. The van der Waals surface area contributed by atoms with Crippen LogP contribution in [0.25, 0.3) is 10.8 Å². The van der Waals surface area contributed by atoms with Crippen LogP contribution in [0.5, 0.6) is 5.75 Å². The molecule has 156 valence electrons. The number of nitro benzene ring substituents is 1. The summed E-state index contributed by atoms with van der Waals surface area (Å²) in [5.41, 5.74) is 3.92. The quantitative estimate of drug-likeness (QED) is 0.301. The van der Waals surface area contributed by atoms with Crippen molar-refractivity contribution in [2.45, 2.75) is 18.7 Å². The van der Waals surface area contributed by atoms with E-state index in [9.17, 15) is 10.1 Å². The van der Waals surface area contributed by atoms with Crippen molar-refractivity contribution in [3.05, 3.63) is 118 Å². The van der Waals surface area contributed by atoms with Crippen LogP contribution in [0, 0.1) is 10.1 Å². The monoisotopic (exact) mass is 421 g/mol. The third kappa shape index (κ3) is 2.92. The smallest absolute Gasteiger partial charge is 0.269 e. The van der Waals surface area contributed by atoms with Crippen molar-refractivity contribution in [3.8, 4) is 5.75 Å². The van der Waals surface area contributed by atoms with Crippen LogP contribution in [0.4, 0.5) is 5.69 Å². The van der Waals surface area contributed by atoms with E-state index in [1.54, 1.807) is 12.1 Å². The van der Waals surface area contributed by atoms with Crippen molar-refractivity contribution in [2.24, 2.45) is 5.10 Å². The molecule has 2 aliphatic rings. The van der Waals surface area contributed by atoms with Gasteiger partial charge in [0.25, 0.3) is 5.69 Å². The molecule has 2 atom stereocenters. The van der Waals surface area contributed by atoms with Crippen LogP contribution < -0.4 is 4.74 Å². The average Bonchev–Trinajstić information content (AvgIpc) is 3.29. The minimum atomic E-state index is -0.540. The van der Waals surface area contributed by atoms with Crippen molar-refractivity contribution in [1.29, 1.82) is 0 Å². The molecule has 4 aromatic carbocycles. The van der Waals surface area contributed by atoms with Gasteiger partial charge >= 0.3 is 0 Å². The molecule has 0 aliphatic carbocycles. The molecule has 0 amide bonds. The van der Waals surface area contributed by atoms with Gasteiger partial charge < -0.3 is 4.74 Å². The molecule has 6 nitrogen and oxygen atoms in total. The summed E-state index contributed by atoms with van der Waals surface area (Å²) in [4.78, 5) is 11.0. The number of nitrogens with zero attached hydrogens (tertiary/aromatic N) is 3. The number of nitro groups is 1. The molecule has 0 radical (unpaired) electrons. The van der Waals surface area contributed by atoms with Gasteiger partial charge in [-0.3, -0.25) is 10.1 Å². The summed E-state index contributed by atoms with van der Waals surface area (Å²) in [5, 5.41) is 20.7. The minimum Gasteiger partial charge on any atom is -0.464 e. The number of ether oxygens (including phenoxy) is 1. The molecule has 0 saturated carbocycles. The predicted molar refractivity (Wildman–Crippen MR) is 123 cm³/mol. The first-order chi connectivity index (χ1) is 15.7. The summed E-state index contributed by atoms with van der Waals surface area (Å²) in [6.07, 6.45) is 0.196. The van der Waals surface area contributed by atoms with Gasteiger partial charge in [0, 0.05) is 35.2 Å². The molecule has 0 aromatic heterocycles. The second kappa shape index (κ2) is 7.20. The highest BCUT2D eigenvalue weighted by molar-refractivity contribution is 6.11. The van der Waals surface area contributed by atoms with Gasteiger partial charge in [-0.05, 0) is 16.8 Å². The second-order valence-electron chi connectivity index (χ2n) is 8.03. The number of rotatable bonds is 3. The molecular weight excluding hydrogens is 402 g/mol. The summed E-state index contributed by atoms with van der Waals surface area (Å²) in [7, 11) is 0. The van der Waals surface area contributed by atoms with Crippen LogP contribution in [-0.2, 0) is 0 Å². The van der Waals surface area contributed by atoms with Crippen LogP contribution in [0.1, 0.15) is 35.4 Å². The number of para-hydroxylation sites is 1. The molecule has 0 fully saturated rings. The van der Waals surface area contributed by atoms with Crippen LogP contribution in [0.15, 0.2) is 96.1 Å². The Balaban J connectivity index is 1.49. The van der Waals surface area contributed by atoms with Gasteiger partial charge in [-0.1, -0.05) is 72.8 Å². The summed E-state index contributed by atoms with van der Waals surface area (Å²) in [6.45, 7) is 0. The highest BCUT2D eigenvalue weighted by Crippen LogP contribution is 2.48. The fourth-order valence-electron chi connectivity index (χ4n) is 4.69. The molecule has 0 spiro atoms. The van der Waals surface area contributed by atoms with E-state index in [0.717, 1.165) is 34.4 Å². The molecule has 0 N–H and O–H groups in total. The van der Waals surface area contributed by atoms with Crippen molar-refractivity contribution >= 4 is 22.2 Å². The van der Waals surface area contributed by atoms with Gasteiger partial charge in [-0.2, -0.15) is 5.10 Å². The highest BCUT2D eigenvalue weighted by Gasteiger charge is 2.41. The van der Waals surface area contributed by atoms with Crippen molar-refractivity contribution in [3.63, 3.8) is 0 Å². The topological polar surface area (TPSA) is 68.0 Å². The Labute approximate surface area is 184 Å². The molecule has 32 heavy (non-hydrogen) atoms. The molecule has 6 rings (SSSR count). The Hall–Kier alpha value is -4.19. The van der Waals surface area contributed by atoms with Gasteiger partial charge in [0.15, 0.2) is 0 Å². The normalized spacial score (nSPS) is 19.1. The van der Waals surface area contributed by atoms with E-state index >= 15 is 0 Å². The Morgan fingerprint density at radius 1 is 0.938 bits per heavy atom. The molecule has 0 unspecified atom stereocenters. The van der Waals surface area contributed by atoms with E-state index in [4.69, 9.17) is 9.84 Å². The van der Waals surface area contributed by atoms with Crippen LogP contribution in [-0.4, -0.2) is 15.6 Å². The highest BCUT2D eigenvalue weighted by atomic mass is 16.6. The lowest BCUT2D eigenvalue weighted by molar-refractivity contribution is -0.385. The van der Waals surface area contributed by atoms with E-state index in [2.05, 4.69) is 36.4 Å². The van der Waals surface area contributed by atoms with Gasteiger partial charge in [-0.25, -0.2) is 5.01 Å². The summed E-state index contributed by atoms with van der Waals surface area (Å²) in [5.74, 6) is 0.791. The van der Waals surface area contributed by atoms with E-state index in [0.29, 0.717) is 5.56 Å². The lowest BCUT2D eigenvalue weighted by Crippen LogP contribution is -2.33. The van der Waals surface area contributed by atoms with Gasteiger partial charge in [0.2, 0.25) is 6.23 Å². The van der Waals surface area contributed by atoms with E-state index in [1.807, 2.05) is 41.4 Å². The lowest BCUT2D eigenvalue weighted by atomic mass is 9.93. The first kappa shape index (κ1) is 18.6. The van der Waals surface area contributed by atoms with Crippen LogP contribution in [0.3, 0.4) is 0 Å². The molecule has 0 saturated heterocycles. The maximum Gasteiger partial charge on any atom is 0.269 e. The van der Waals surface area contributed by atoms with Gasteiger partial charge in [0.1, 0.15) is 5.75 Å². The Morgan fingerprint density at radius 2 is 1.72 bits per heavy atom. The zero-order chi connectivity index (χ0) is 21.7. The number of hydrogen-bond donors (Lipinski definition) is 0. The number of fused-ring (bicyclic) bond motifs is 4. The zero-order valence-corrected chi connectivity index (χ0v) is 17.1. The third-order valence-corrected chi connectivity index (χ3v) is 6.17. The van der Waals surface area contributed by atoms with E-state index < -0.39 is 6.23 Å². The molecule has 2 aliphatic heterocycles. The molecule has 0 bridgehead atoms. The fourth-order valence-corrected chi connectivity index (χ4v) is 4.69. The summed E-state index contributed by atoms with van der Waals surface area (Å²) in [6, 6.07) is 29.1. The van der Waals surface area contributed by atoms with E-state index in [1.165, 1.54) is 11.5 Å². The first-order valence-electron chi connectivity index (χ1n) is 10.5. The third-order valence-electron chi connectivity index (χ3n) is 6.17. The summed E-state index contributed by atoms with van der Waals surface area (Å²) < 4.78 is 6.33.